The SMILES string of the molecule is COC1C(OC2CCC3(C)C(CCC4(O)C3CCC3(C)C(C(C)CCCC(C)CO)C(O)C(O)C34)C2O)OCC(O)C1O. The van der Waals surface area contributed by atoms with E-state index in [2.05, 4.69) is 20.8 Å². The molecule has 0 radical (unpaired) electrons. The van der Waals surface area contributed by atoms with Gasteiger partial charge in [-0.3, -0.25) is 0 Å². The molecule has 0 aromatic rings. The lowest BCUT2D eigenvalue weighted by atomic mass is 9.42. The number of rotatable bonds is 9. The van der Waals surface area contributed by atoms with Crippen molar-refractivity contribution in [3.8, 4) is 0 Å². The second-order valence-corrected chi connectivity index (χ2v) is 15.6. The van der Waals surface area contributed by atoms with Crippen LogP contribution in [0.2, 0.25) is 0 Å². The van der Waals surface area contributed by atoms with Crippen LogP contribution >= 0.6 is 0 Å². The molecule has 0 bridgehead atoms. The molecule has 7 N–H and O–H groups in total. The summed E-state index contributed by atoms with van der Waals surface area (Å²) in [5.74, 6) is -0.429. The van der Waals surface area contributed by atoms with Gasteiger partial charge in [0.05, 0.1) is 36.6 Å². The highest BCUT2D eigenvalue weighted by atomic mass is 16.7. The highest BCUT2D eigenvalue weighted by molar-refractivity contribution is 5.21. The molecule has 4 aliphatic carbocycles. The number of fused-ring (bicyclic) bond motifs is 5. The fourth-order valence-corrected chi connectivity index (χ4v) is 11.0. The fraction of sp³-hybridized carbons (Fsp3) is 1.00. The van der Waals surface area contributed by atoms with E-state index >= 15 is 0 Å². The zero-order valence-electron chi connectivity index (χ0n) is 26.7. The summed E-state index contributed by atoms with van der Waals surface area (Å²) in [4.78, 5) is 0. The lowest BCUT2D eigenvalue weighted by Crippen LogP contribution is -2.68. The summed E-state index contributed by atoms with van der Waals surface area (Å²) >= 11 is 0. The highest BCUT2D eigenvalue weighted by Crippen LogP contribution is 2.70. The number of hydrogen-bond donors (Lipinski definition) is 7. The predicted octanol–water partition coefficient (Wildman–Crippen LogP) is 1.59. The minimum atomic E-state index is -1.15. The van der Waals surface area contributed by atoms with Gasteiger partial charge in [-0.05, 0) is 85.4 Å². The van der Waals surface area contributed by atoms with E-state index in [1.54, 1.807) is 0 Å². The first-order chi connectivity index (χ1) is 20.2. The molecule has 5 fully saturated rings. The Morgan fingerprint density at radius 2 is 1.56 bits per heavy atom. The van der Waals surface area contributed by atoms with E-state index in [0.29, 0.717) is 25.7 Å². The predicted molar refractivity (Wildman–Crippen MR) is 158 cm³/mol. The Morgan fingerprint density at radius 1 is 0.860 bits per heavy atom. The molecule has 10 nitrogen and oxygen atoms in total. The summed E-state index contributed by atoms with van der Waals surface area (Å²) in [5.41, 5.74) is -1.95. The summed E-state index contributed by atoms with van der Waals surface area (Å²) in [7, 11) is 1.43. The normalized spacial score (nSPS) is 53.0. The minimum absolute atomic E-state index is 0.0829. The van der Waals surface area contributed by atoms with Gasteiger partial charge in [-0.25, -0.2) is 0 Å². The average Bonchev–Trinajstić information content (AvgIpc) is 3.17. The van der Waals surface area contributed by atoms with Gasteiger partial charge in [-0.15, -0.1) is 0 Å². The van der Waals surface area contributed by atoms with E-state index in [-0.39, 0.29) is 48.2 Å². The van der Waals surface area contributed by atoms with Gasteiger partial charge in [0.1, 0.15) is 18.3 Å². The molecule has 0 spiro atoms. The van der Waals surface area contributed by atoms with Crippen LogP contribution in [-0.4, -0.2) is 111 Å². The summed E-state index contributed by atoms with van der Waals surface area (Å²) in [6, 6.07) is 0. The number of aliphatic hydroxyl groups is 7. The molecule has 0 aromatic carbocycles. The Kier molecular flexibility index (Phi) is 9.99. The third-order valence-corrected chi connectivity index (χ3v) is 13.2. The molecular weight excluding hydrogens is 556 g/mol. The van der Waals surface area contributed by atoms with Crippen molar-refractivity contribution in [1.82, 2.24) is 0 Å². The molecule has 1 aliphatic heterocycles. The molecule has 250 valence electrons. The third-order valence-electron chi connectivity index (χ3n) is 13.2. The van der Waals surface area contributed by atoms with Gasteiger partial charge in [0, 0.05) is 19.6 Å². The highest BCUT2D eigenvalue weighted by Gasteiger charge is 2.72. The molecule has 5 rings (SSSR count). The molecular formula is C33H58O10. The molecule has 4 saturated carbocycles. The first-order valence-corrected chi connectivity index (χ1v) is 16.8. The van der Waals surface area contributed by atoms with Gasteiger partial charge in [-0.2, -0.15) is 0 Å². The van der Waals surface area contributed by atoms with E-state index < -0.39 is 66.0 Å². The second-order valence-electron chi connectivity index (χ2n) is 15.6. The number of methoxy groups -OCH3 is 1. The average molecular weight is 615 g/mol. The maximum absolute atomic E-state index is 12.6. The topological polar surface area (TPSA) is 169 Å². The lowest BCUT2D eigenvalue weighted by Gasteiger charge is -2.65. The fourth-order valence-electron chi connectivity index (χ4n) is 11.0. The summed E-state index contributed by atoms with van der Waals surface area (Å²) in [6.45, 7) is 8.62. The van der Waals surface area contributed by atoms with Crippen molar-refractivity contribution in [1.29, 1.82) is 0 Å². The van der Waals surface area contributed by atoms with Crippen LogP contribution in [-0.2, 0) is 14.2 Å². The zero-order chi connectivity index (χ0) is 31.5. The molecule has 17 unspecified atom stereocenters. The van der Waals surface area contributed by atoms with E-state index in [4.69, 9.17) is 14.2 Å². The Bertz CT molecular complexity index is 953. The number of ether oxygens (including phenoxy) is 3. The first-order valence-electron chi connectivity index (χ1n) is 16.8. The van der Waals surface area contributed by atoms with Crippen molar-refractivity contribution in [2.45, 2.75) is 140 Å². The smallest absolute Gasteiger partial charge is 0.186 e. The summed E-state index contributed by atoms with van der Waals surface area (Å²) in [5, 5.41) is 77.2. The lowest BCUT2D eigenvalue weighted by molar-refractivity contribution is -0.312. The molecule has 10 heteroatoms. The van der Waals surface area contributed by atoms with Crippen LogP contribution in [0.5, 0.6) is 0 Å². The van der Waals surface area contributed by atoms with E-state index in [1.165, 1.54) is 7.11 Å². The molecule has 43 heavy (non-hydrogen) atoms. The Hall–Kier alpha value is -0.400. The van der Waals surface area contributed by atoms with Crippen molar-refractivity contribution in [2.24, 2.45) is 46.3 Å². The molecule has 5 aliphatic rings. The number of aliphatic hydroxyl groups excluding tert-OH is 6. The minimum Gasteiger partial charge on any atom is -0.396 e. The van der Waals surface area contributed by atoms with Gasteiger partial charge in [-0.1, -0.05) is 40.5 Å². The molecule has 0 aromatic heterocycles. The molecule has 17 atom stereocenters. The van der Waals surface area contributed by atoms with Gasteiger partial charge in [0.2, 0.25) is 0 Å². The maximum atomic E-state index is 12.6. The third kappa shape index (κ3) is 5.53. The molecule has 1 saturated heterocycles. The monoisotopic (exact) mass is 614 g/mol. The second kappa shape index (κ2) is 12.7. The zero-order valence-corrected chi connectivity index (χ0v) is 26.7. The van der Waals surface area contributed by atoms with Crippen molar-refractivity contribution in [3.63, 3.8) is 0 Å². The van der Waals surface area contributed by atoms with Crippen LogP contribution in [0.1, 0.15) is 85.5 Å². The van der Waals surface area contributed by atoms with E-state index in [9.17, 15) is 35.7 Å². The standard InChI is InChI=1S/C33H58O10/c1-17(15-34)7-6-8-18(2)23-26(38)27(39)29-32(23,4)13-11-22-31(3)12-10-21(24(36)19(31)9-14-33(22,29)40)43-30-28(41-5)25(37)20(35)16-42-30/h17-30,34-40H,6-16H2,1-5H3. The van der Waals surface area contributed by atoms with Gasteiger partial charge in [0.15, 0.2) is 6.29 Å². The van der Waals surface area contributed by atoms with Gasteiger partial charge < -0.3 is 50.0 Å². The van der Waals surface area contributed by atoms with Crippen LogP contribution in [0.25, 0.3) is 0 Å². The van der Waals surface area contributed by atoms with E-state index in [0.717, 1.165) is 32.1 Å². The first kappa shape index (κ1) is 33.9. The maximum Gasteiger partial charge on any atom is 0.186 e. The molecule has 1 heterocycles. The van der Waals surface area contributed by atoms with Crippen LogP contribution < -0.4 is 0 Å². The van der Waals surface area contributed by atoms with Crippen molar-refractivity contribution in [3.05, 3.63) is 0 Å². The summed E-state index contributed by atoms with van der Waals surface area (Å²) < 4.78 is 17.2. The van der Waals surface area contributed by atoms with Crippen LogP contribution in [0.3, 0.4) is 0 Å². The Morgan fingerprint density at radius 3 is 2.23 bits per heavy atom. The van der Waals surface area contributed by atoms with Gasteiger partial charge >= 0.3 is 0 Å². The summed E-state index contributed by atoms with van der Waals surface area (Å²) in [6.07, 6.45) is -0.677. The van der Waals surface area contributed by atoms with Crippen molar-refractivity contribution >= 4 is 0 Å². The van der Waals surface area contributed by atoms with E-state index in [1.807, 2.05) is 6.92 Å². The molecule has 0 amide bonds. The largest absolute Gasteiger partial charge is 0.396 e. The quantitative estimate of drug-likeness (QED) is 0.189. The Balaban J connectivity index is 1.32. The van der Waals surface area contributed by atoms with Crippen LogP contribution in [0, 0.1) is 46.3 Å². The van der Waals surface area contributed by atoms with Crippen molar-refractivity contribution in [2.75, 3.05) is 20.3 Å². The van der Waals surface area contributed by atoms with Crippen LogP contribution in [0.15, 0.2) is 0 Å². The van der Waals surface area contributed by atoms with Crippen LogP contribution in [0.4, 0.5) is 0 Å². The number of hydrogen-bond acceptors (Lipinski definition) is 10. The Labute approximate surface area is 256 Å². The van der Waals surface area contributed by atoms with Crippen molar-refractivity contribution < 1.29 is 50.0 Å². The van der Waals surface area contributed by atoms with Gasteiger partial charge in [0.25, 0.3) is 0 Å².